The molecule has 4 nitrogen and oxygen atoms in total. The Morgan fingerprint density at radius 2 is 2.17 bits per heavy atom. The van der Waals surface area contributed by atoms with Crippen molar-refractivity contribution in [2.75, 3.05) is 0 Å². The molecular formula is C14H16N2O2. The number of carbonyl (C=O) groups excluding carboxylic acids is 1. The van der Waals surface area contributed by atoms with E-state index in [0.717, 1.165) is 30.2 Å². The molecule has 1 fully saturated rings. The second kappa shape index (κ2) is 4.46. The maximum atomic E-state index is 12.2. The van der Waals surface area contributed by atoms with Gasteiger partial charge in [-0.05, 0) is 25.3 Å². The van der Waals surface area contributed by atoms with Gasteiger partial charge in [0.1, 0.15) is 11.8 Å². The highest BCUT2D eigenvalue weighted by Crippen LogP contribution is 2.22. The van der Waals surface area contributed by atoms with Crippen LogP contribution in [0.3, 0.4) is 0 Å². The molecule has 4 heteroatoms. The second-order valence-corrected chi connectivity index (χ2v) is 4.82. The van der Waals surface area contributed by atoms with E-state index in [-0.39, 0.29) is 18.0 Å². The van der Waals surface area contributed by atoms with Gasteiger partial charge in [-0.3, -0.25) is 4.79 Å². The fraction of sp³-hybridized carbons (Fsp3) is 0.357. The third-order valence-corrected chi connectivity index (χ3v) is 3.61. The number of furan rings is 1. The topological polar surface area (TPSA) is 68.3 Å². The largest absolute Gasteiger partial charge is 0.463 e. The molecule has 1 heterocycles. The van der Waals surface area contributed by atoms with E-state index in [1.807, 2.05) is 24.3 Å². The molecule has 1 amide bonds. The van der Waals surface area contributed by atoms with Crippen LogP contribution < -0.4 is 11.1 Å². The molecule has 1 aromatic carbocycles. The summed E-state index contributed by atoms with van der Waals surface area (Å²) in [7, 11) is 0. The summed E-state index contributed by atoms with van der Waals surface area (Å²) in [6.07, 6.45) is 4.54. The van der Waals surface area contributed by atoms with Gasteiger partial charge in [-0.2, -0.15) is 0 Å². The Morgan fingerprint density at radius 1 is 1.33 bits per heavy atom. The molecule has 2 atom stereocenters. The molecule has 0 saturated heterocycles. The molecule has 3 rings (SSSR count). The van der Waals surface area contributed by atoms with Crippen molar-refractivity contribution in [2.24, 2.45) is 5.73 Å². The summed E-state index contributed by atoms with van der Waals surface area (Å²) in [5, 5.41) is 3.85. The number of fused-ring (bicyclic) bond motifs is 1. The lowest BCUT2D eigenvalue weighted by Gasteiger charge is -2.16. The normalized spacial score (nSPS) is 23.4. The van der Waals surface area contributed by atoms with Crippen molar-refractivity contribution in [3.8, 4) is 0 Å². The van der Waals surface area contributed by atoms with Crippen molar-refractivity contribution < 1.29 is 9.21 Å². The first-order chi connectivity index (χ1) is 8.75. The molecule has 2 aromatic rings. The summed E-state index contributed by atoms with van der Waals surface area (Å²) in [6.45, 7) is 0. The Balaban J connectivity index is 1.84. The van der Waals surface area contributed by atoms with Crippen LogP contribution in [0.5, 0.6) is 0 Å². The first kappa shape index (κ1) is 11.3. The van der Waals surface area contributed by atoms with Crippen molar-refractivity contribution in [1.29, 1.82) is 0 Å². The van der Waals surface area contributed by atoms with Crippen molar-refractivity contribution in [1.82, 2.24) is 5.32 Å². The maximum Gasteiger partial charge on any atom is 0.255 e. The first-order valence-electron chi connectivity index (χ1n) is 6.28. The number of hydrogen-bond acceptors (Lipinski definition) is 3. The highest BCUT2D eigenvalue weighted by atomic mass is 16.3. The van der Waals surface area contributed by atoms with E-state index in [1.165, 1.54) is 6.26 Å². The van der Waals surface area contributed by atoms with Crippen LogP contribution in [0.25, 0.3) is 11.0 Å². The van der Waals surface area contributed by atoms with Gasteiger partial charge in [-0.1, -0.05) is 18.2 Å². The number of hydrogen-bond donors (Lipinski definition) is 2. The molecule has 1 saturated carbocycles. The van der Waals surface area contributed by atoms with Gasteiger partial charge in [0, 0.05) is 17.5 Å². The standard InChI is InChI=1S/C14H16N2O2/c15-11-5-3-6-12(11)16-14(17)10-8-18-13-7-2-1-4-9(10)13/h1-2,4,7-8,11-12H,3,5-6,15H2,(H,16,17). The van der Waals surface area contributed by atoms with E-state index in [0.29, 0.717) is 5.56 Å². The van der Waals surface area contributed by atoms with Crippen LogP contribution in [0.15, 0.2) is 34.9 Å². The summed E-state index contributed by atoms with van der Waals surface area (Å²) < 4.78 is 5.37. The van der Waals surface area contributed by atoms with Gasteiger partial charge in [0.25, 0.3) is 5.91 Å². The molecule has 0 radical (unpaired) electrons. The monoisotopic (exact) mass is 244 g/mol. The molecule has 3 N–H and O–H groups in total. The first-order valence-corrected chi connectivity index (χ1v) is 6.28. The minimum Gasteiger partial charge on any atom is -0.463 e. The quantitative estimate of drug-likeness (QED) is 0.849. The van der Waals surface area contributed by atoms with Crippen LogP contribution in [0.2, 0.25) is 0 Å². The molecule has 1 aliphatic carbocycles. The number of benzene rings is 1. The van der Waals surface area contributed by atoms with Crippen molar-refractivity contribution >= 4 is 16.9 Å². The number of nitrogens with one attached hydrogen (secondary N) is 1. The number of amides is 1. The summed E-state index contributed by atoms with van der Waals surface area (Å²) in [5.74, 6) is -0.0951. The van der Waals surface area contributed by atoms with Crippen molar-refractivity contribution in [2.45, 2.75) is 31.3 Å². The average molecular weight is 244 g/mol. The van der Waals surface area contributed by atoms with E-state index in [4.69, 9.17) is 10.2 Å². The van der Waals surface area contributed by atoms with Gasteiger partial charge in [-0.15, -0.1) is 0 Å². The lowest BCUT2D eigenvalue weighted by molar-refractivity contribution is 0.0935. The minimum absolute atomic E-state index is 0.0760. The minimum atomic E-state index is -0.0951. The number of nitrogens with two attached hydrogens (primary N) is 1. The van der Waals surface area contributed by atoms with Gasteiger partial charge < -0.3 is 15.5 Å². The molecule has 94 valence electrons. The van der Waals surface area contributed by atoms with E-state index in [9.17, 15) is 4.79 Å². The van der Waals surface area contributed by atoms with Gasteiger partial charge in [0.05, 0.1) is 5.56 Å². The Bertz CT molecular complexity index is 576. The predicted octanol–water partition coefficient (Wildman–Crippen LogP) is 2.04. The molecule has 0 spiro atoms. The highest BCUT2D eigenvalue weighted by Gasteiger charge is 2.26. The Hall–Kier alpha value is -1.81. The Labute approximate surface area is 105 Å². The maximum absolute atomic E-state index is 12.2. The predicted molar refractivity (Wildman–Crippen MR) is 69.3 cm³/mol. The SMILES string of the molecule is NC1CCCC1NC(=O)c1coc2ccccc12. The number of para-hydroxylation sites is 1. The third kappa shape index (κ3) is 1.88. The average Bonchev–Trinajstić information content (AvgIpc) is 2.96. The molecule has 1 aliphatic rings. The van der Waals surface area contributed by atoms with Gasteiger partial charge in [0.15, 0.2) is 0 Å². The zero-order chi connectivity index (χ0) is 12.5. The zero-order valence-corrected chi connectivity index (χ0v) is 10.1. The summed E-state index contributed by atoms with van der Waals surface area (Å²) in [4.78, 5) is 12.2. The van der Waals surface area contributed by atoms with Crippen LogP contribution in [0.4, 0.5) is 0 Å². The summed E-state index contributed by atoms with van der Waals surface area (Å²) in [6, 6.07) is 7.70. The van der Waals surface area contributed by atoms with Gasteiger partial charge in [-0.25, -0.2) is 0 Å². The van der Waals surface area contributed by atoms with E-state index >= 15 is 0 Å². The lowest BCUT2D eigenvalue weighted by Crippen LogP contribution is -2.43. The molecule has 0 aliphatic heterocycles. The van der Waals surface area contributed by atoms with Crippen molar-refractivity contribution in [3.05, 3.63) is 36.1 Å². The fourth-order valence-electron chi connectivity index (χ4n) is 2.57. The summed E-state index contributed by atoms with van der Waals surface area (Å²) in [5.41, 5.74) is 7.28. The van der Waals surface area contributed by atoms with Crippen LogP contribution >= 0.6 is 0 Å². The van der Waals surface area contributed by atoms with E-state index < -0.39 is 0 Å². The zero-order valence-electron chi connectivity index (χ0n) is 10.1. The molecular weight excluding hydrogens is 228 g/mol. The smallest absolute Gasteiger partial charge is 0.255 e. The van der Waals surface area contributed by atoms with Crippen LogP contribution in [-0.4, -0.2) is 18.0 Å². The number of rotatable bonds is 2. The van der Waals surface area contributed by atoms with E-state index in [2.05, 4.69) is 5.32 Å². The fourth-order valence-corrected chi connectivity index (χ4v) is 2.57. The summed E-state index contributed by atoms with van der Waals surface area (Å²) >= 11 is 0. The molecule has 0 bridgehead atoms. The van der Waals surface area contributed by atoms with Crippen molar-refractivity contribution in [3.63, 3.8) is 0 Å². The molecule has 1 aromatic heterocycles. The third-order valence-electron chi connectivity index (χ3n) is 3.61. The highest BCUT2D eigenvalue weighted by molar-refractivity contribution is 6.06. The van der Waals surface area contributed by atoms with Crippen LogP contribution in [0, 0.1) is 0 Å². The second-order valence-electron chi connectivity index (χ2n) is 4.82. The van der Waals surface area contributed by atoms with E-state index in [1.54, 1.807) is 0 Å². The van der Waals surface area contributed by atoms with Crippen LogP contribution in [-0.2, 0) is 0 Å². The Morgan fingerprint density at radius 3 is 2.94 bits per heavy atom. The molecule has 2 unspecified atom stereocenters. The number of carbonyl (C=O) groups is 1. The lowest BCUT2D eigenvalue weighted by atomic mass is 10.1. The van der Waals surface area contributed by atoms with Gasteiger partial charge >= 0.3 is 0 Å². The van der Waals surface area contributed by atoms with Crippen LogP contribution in [0.1, 0.15) is 29.6 Å². The molecule has 18 heavy (non-hydrogen) atoms. The Kier molecular flexibility index (Phi) is 2.80. The van der Waals surface area contributed by atoms with Gasteiger partial charge in [0.2, 0.25) is 0 Å².